The van der Waals surface area contributed by atoms with E-state index in [1.165, 1.54) is 43.1 Å². The predicted octanol–water partition coefficient (Wildman–Crippen LogP) is 4.17. The van der Waals surface area contributed by atoms with Crippen molar-refractivity contribution in [2.75, 3.05) is 13.1 Å². The lowest BCUT2D eigenvalue weighted by Crippen LogP contribution is -2.34. The van der Waals surface area contributed by atoms with Gasteiger partial charge in [0, 0.05) is 41.4 Å². The van der Waals surface area contributed by atoms with Crippen molar-refractivity contribution in [1.29, 1.82) is 0 Å². The van der Waals surface area contributed by atoms with E-state index in [4.69, 9.17) is 9.70 Å². The maximum atomic E-state index is 13.8. The molecular formula is C18H27F4N3O3S. The van der Waals surface area contributed by atoms with E-state index in [0.717, 1.165) is 30.2 Å². The molecule has 1 saturated carbocycles. The minimum atomic E-state index is -5.00. The second-order valence-electron chi connectivity index (χ2n) is 7.01. The standard InChI is InChI=1S/C16H25FN2.CF3NO2S.CH2O/c17-15-6-3-7-16-14(15)11-18-10-13(19-16)9-8-12-4-1-2-5-12;2-1(3,4)8(7)5-6;1-2/h7,12-13,18-19H,1-6,8-11H2;;1H2/t13-;;/m0../s1. The van der Waals surface area contributed by atoms with Crippen LogP contribution in [-0.4, -0.2) is 35.6 Å². The summed E-state index contributed by atoms with van der Waals surface area (Å²) in [5, 5.41) is 6.97. The maximum absolute atomic E-state index is 13.8. The number of carbonyl (C=O) groups excluding carboxylic acids is 1. The summed E-state index contributed by atoms with van der Waals surface area (Å²) in [4.78, 5) is 16.9. The second kappa shape index (κ2) is 12.8. The van der Waals surface area contributed by atoms with Gasteiger partial charge < -0.3 is 15.4 Å². The number of fused-ring (bicyclic) bond motifs is 1. The number of hydrogen-bond donors (Lipinski definition) is 2. The molecule has 0 aromatic carbocycles. The molecule has 3 aliphatic rings. The number of rotatable bonds is 4. The van der Waals surface area contributed by atoms with Crippen LogP contribution in [0.25, 0.3) is 0 Å². The van der Waals surface area contributed by atoms with Gasteiger partial charge in [-0.1, -0.05) is 31.8 Å². The third-order valence-electron chi connectivity index (χ3n) is 5.08. The van der Waals surface area contributed by atoms with Gasteiger partial charge in [0.1, 0.15) is 12.6 Å². The molecule has 2 atom stereocenters. The third kappa shape index (κ3) is 8.73. The Bertz CT molecular complexity index is 620. The molecule has 0 spiro atoms. The molecule has 0 amide bonds. The number of nitroso groups, excluding NO2 is 1. The van der Waals surface area contributed by atoms with Crippen LogP contribution in [0.15, 0.2) is 27.8 Å². The van der Waals surface area contributed by atoms with Crippen molar-refractivity contribution < 1.29 is 26.6 Å². The van der Waals surface area contributed by atoms with Gasteiger partial charge in [-0.2, -0.15) is 13.2 Å². The lowest BCUT2D eigenvalue weighted by molar-refractivity contribution is -0.0980. The van der Waals surface area contributed by atoms with E-state index in [2.05, 4.69) is 16.7 Å². The summed E-state index contributed by atoms with van der Waals surface area (Å²) < 4.78 is 57.0. The number of allylic oxidation sites excluding steroid dienone is 2. The number of nitrogens with zero attached hydrogens (tertiary/aromatic N) is 1. The van der Waals surface area contributed by atoms with Crippen LogP contribution >= 0.6 is 0 Å². The van der Waals surface area contributed by atoms with Gasteiger partial charge in [0.25, 0.3) is 11.0 Å². The zero-order chi connectivity index (χ0) is 21.9. The smallest absolute Gasteiger partial charge is 0.381 e. The van der Waals surface area contributed by atoms with Crippen LogP contribution in [0.2, 0.25) is 0 Å². The third-order valence-corrected chi connectivity index (χ3v) is 5.61. The predicted molar refractivity (Wildman–Crippen MR) is 104 cm³/mol. The first-order valence-electron chi connectivity index (χ1n) is 9.47. The van der Waals surface area contributed by atoms with Crippen LogP contribution < -0.4 is 10.6 Å². The molecular weight excluding hydrogens is 414 g/mol. The van der Waals surface area contributed by atoms with E-state index >= 15 is 0 Å². The van der Waals surface area contributed by atoms with Crippen molar-refractivity contribution in [3.8, 4) is 0 Å². The van der Waals surface area contributed by atoms with E-state index in [-0.39, 0.29) is 5.83 Å². The Hall–Kier alpha value is -1.62. The Morgan fingerprint density at radius 1 is 1.21 bits per heavy atom. The highest BCUT2D eigenvalue weighted by atomic mass is 32.2. The fourth-order valence-electron chi connectivity index (χ4n) is 3.70. The van der Waals surface area contributed by atoms with E-state index < -0.39 is 16.5 Å². The summed E-state index contributed by atoms with van der Waals surface area (Å²) in [7, 11) is -3.57. The monoisotopic (exact) mass is 441 g/mol. The summed E-state index contributed by atoms with van der Waals surface area (Å²) in [6.07, 6.45) is 11.8. The fraction of sp³-hybridized carbons (Fsp3) is 0.722. The van der Waals surface area contributed by atoms with E-state index in [1.54, 1.807) is 0 Å². The summed E-state index contributed by atoms with van der Waals surface area (Å²) in [6, 6.07) is 0.468. The molecule has 2 aliphatic carbocycles. The number of alkyl halides is 3. The molecule has 1 aliphatic heterocycles. The molecule has 0 radical (unpaired) electrons. The van der Waals surface area contributed by atoms with Gasteiger partial charge in [0.05, 0.1) is 0 Å². The molecule has 6 nitrogen and oxygen atoms in total. The topological polar surface area (TPSA) is 87.6 Å². The van der Waals surface area contributed by atoms with Crippen molar-refractivity contribution >= 4 is 17.8 Å². The van der Waals surface area contributed by atoms with E-state index in [0.29, 0.717) is 19.0 Å². The Morgan fingerprint density at radius 2 is 1.86 bits per heavy atom. The lowest BCUT2D eigenvalue weighted by atomic mass is 9.98. The Balaban J connectivity index is 0.000000358. The number of nitrogens with one attached hydrogen (secondary N) is 2. The summed E-state index contributed by atoms with van der Waals surface area (Å²) in [5.74, 6) is 1.02. The lowest BCUT2D eigenvalue weighted by Gasteiger charge is -2.22. The van der Waals surface area contributed by atoms with Crippen molar-refractivity contribution in [2.45, 2.75) is 62.9 Å². The van der Waals surface area contributed by atoms with Crippen LogP contribution in [0.1, 0.15) is 51.4 Å². The Labute approximate surface area is 170 Å². The van der Waals surface area contributed by atoms with Crippen LogP contribution in [-0.2, 0) is 15.8 Å². The molecule has 0 aromatic heterocycles. The van der Waals surface area contributed by atoms with Crippen LogP contribution in [0.5, 0.6) is 0 Å². The molecule has 0 aromatic rings. The minimum absolute atomic E-state index is 0.0777. The van der Waals surface area contributed by atoms with Gasteiger partial charge in [-0.05, 0) is 25.2 Å². The van der Waals surface area contributed by atoms with Gasteiger partial charge in [-0.3, -0.25) is 0 Å². The molecule has 166 valence electrons. The van der Waals surface area contributed by atoms with Crippen molar-refractivity contribution in [3.63, 3.8) is 0 Å². The molecule has 1 heterocycles. The first kappa shape index (κ1) is 25.4. The second-order valence-corrected chi connectivity index (χ2v) is 8.12. The maximum Gasteiger partial charge on any atom is 0.495 e. The number of hydrogen-bond acceptors (Lipinski definition) is 5. The average molecular weight is 441 g/mol. The SMILES string of the molecule is C=O.FC1=C2CNC[C@H](CCC3CCCC3)NC2=CCC1.O=NS(=O)C(F)(F)F. The molecule has 11 heteroatoms. The van der Waals surface area contributed by atoms with Gasteiger partial charge in [-0.25, -0.2) is 8.60 Å². The number of carbonyl (C=O) groups is 1. The Kier molecular flexibility index (Phi) is 11.3. The van der Waals surface area contributed by atoms with Gasteiger partial charge in [0.15, 0.2) is 0 Å². The molecule has 3 rings (SSSR count). The minimum Gasteiger partial charge on any atom is -0.381 e. The largest absolute Gasteiger partial charge is 0.495 e. The van der Waals surface area contributed by atoms with Crippen molar-refractivity contribution in [3.05, 3.63) is 28.1 Å². The van der Waals surface area contributed by atoms with Gasteiger partial charge in [-0.15, -0.1) is 4.91 Å². The van der Waals surface area contributed by atoms with Crippen LogP contribution in [0.3, 0.4) is 0 Å². The molecule has 2 N–H and O–H groups in total. The first-order chi connectivity index (χ1) is 13.8. The summed E-state index contributed by atoms with van der Waals surface area (Å²) >= 11 is 0. The highest BCUT2D eigenvalue weighted by Gasteiger charge is 2.38. The zero-order valence-corrected chi connectivity index (χ0v) is 16.9. The van der Waals surface area contributed by atoms with Crippen molar-refractivity contribution in [2.24, 2.45) is 10.5 Å². The number of halogens is 4. The highest BCUT2D eigenvalue weighted by molar-refractivity contribution is 7.84. The first-order valence-corrected chi connectivity index (χ1v) is 10.6. The Morgan fingerprint density at radius 3 is 2.41 bits per heavy atom. The molecule has 29 heavy (non-hydrogen) atoms. The van der Waals surface area contributed by atoms with Crippen LogP contribution in [0.4, 0.5) is 17.6 Å². The zero-order valence-electron chi connectivity index (χ0n) is 16.1. The molecule has 1 saturated heterocycles. The normalized spacial score (nSPS) is 23.2. The van der Waals surface area contributed by atoms with E-state index in [1.807, 2.05) is 6.79 Å². The molecule has 2 fully saturated rings. The van der Waals surface area contributed by atoms with Crippen LogP contribution in [0, 0.1) is 10.8 Å². The quantitative estimate of drug-likeness (QED) is 0.505. The fourth-order valence-corrected chi connectivity index (χ4v) is 3.78. The van der Waals surface area contributed by atoms with Gasteiger partial charge >= 0.3 is 5.51 Å². The van der Waals surface area contributed by atoms with Crippen molar-refractivity contribution in [1.82, 2.24) is 10.6 Å². The summed E-state index contributed by atoms with van der Waals surface area (Å²) in [5.41, 5.74) is -3.07. The van der Waals surface area contributed by atoms with E-state index in [9.17, 15) is 21.8 Å². The van der Waals surface area contributed by atoms with Gasteiger partial charge in [0.2, 0.25) is 0 Å². The highest BCUT2D eigenvalue weighted by Crippen LogP contribution is 2.30. The molecule has 0 bridgehead atoms. The molecule has 1 unspecified atom stereocenters. The average Bonchev–Trinajstić information content (AvgIpc) is 3.13. The summed E-state index contributed by atoms with van der Waals surface area (Å²) in [6.45, 7) is 3.64.